The van der Waals surface area contributed by atoms with Gasteiger partial charge in [0.2, 0.25) is 10.0 Å². The molecule has 2 atom stereocenters. The largest absolute Gasteiger partial charge is 0.481 e. The van der Waals surface area contributed by atoms with Gasteiger partial charge in [-0.25, -0.2) is 8.42 Å². The van der Waals surface area contributed by atoms with Crippen LogP contribution in [0.4, 0.5) is 0 Å². The van der Waals surface area contributed by atoms with Crippen molar-refractivity contribution >= 4 is 16.0 Å². The van der Waals surface area contributed by atoms with Crippen LogP contribution in [0.3, 0.4) is 0 Å². The number of hydrogen-bond donors (Lipinski definition) is 2. The molecule has 1 fully saturated rings. The molecule has 0 aliphatic carbocycles. The van der Waals surface area contributed by atoms with Gasteiger partial charge in [-0.1, -0.05) is 6.07 Å². The summed E-state index contributed by atoms with van der Waals surface area (Å²) in [7, 11) is -3.74. The Bertz CT molecular complexity index is 635. The summed E-state index contributed by atoms with van der Waals surface area (Å²) in [6, 6.07) is 5.02. The fraction of sp³-hybridized carbons (Fsp3) is 0.500. The number of rotatable bonds is 3. The zero-order valence-corrected chi connectivity index (χ0v) is 12.8. The molecule has 0 unspecified atom stereocenters. The number of carboxylic acid groups (broad SMARTS) is 1. The highest BCUT2D eigenvalue weighted by Gasteiger charge is 2.38. The first-order valence-corrected chi connectivity index (χ1v) is 8.15. The van der Waals surface area contributed by atoms with Crippen LogP contribution in [0.25, 0.3) is 0 Å². The van der Waals surface area contributed by atoms with Crippen molar-refractivity contribution in [1.29, 1.82) is 0 Å². The normalized spacial score (nSPS) is 24.0. The standard InChI is InChI=1S/C14H19NO5S/c1-9-5-10(2)7-11(6-9)21(19,20)15-4-3-13(16)12(8-15)14(17)18/h5-7,12-13,16H,3-4,8H2,1-2H3,(H,17,18)/t12-,13+/m0/s1. The molecule has 0 saturated carbocycles. The zero-order chi connectivity index (χ0) is 15.8. The van der Waals surface area contributed by atoms with Gasteiger partial charge in [0.15, 0.2) is 0 Å². The van der Waals surface area contributed by atoms with Gasteiger partial charge in [0.1, 0.15) is 0 Å². The molecule has 2 rings (SSSR count). The van der Waals surface area contributed by atoms with Crippen molar-refractivity contribution in [2.24, 2.45) is 5.92 Å². The topological polar surface area (TPSA) is 94.9 Å². The van der Waals surface area contributed by atoms with Crippen LogP contribution in [-0.2, 0) is 14.8 Å². The van der Waals surface area contributed by atoms with Gasteiger partial charge in [0, 0.05) is 13.1 Å². The van der Waals surface area contributed by atoms with E-state index < -0.39 is 28.0 Å². The summed E-state index contributed by atoms with van der Waals surface area (Å²) in [6.45, 7) is 3.55. The molecule has 0 spiro atoms. The Morgan fingerprint density at radius 1 is 1.24 bits per heavy atom. The first-order valence-electron chi connectivity index (χ1n) is 6.71. The summed E-state index contributed by atoms with van der Waals surface area (Å²) in [4.78, 5) is 11.3. The number of aryl methyl sites for hydroxylation is 2. The van der Waals surface area contributed by atoms with Gasteiger partial charge in [-0.3, -0.25) is 4.79 Å². The Labute approximate surface area is 124 Å². The predicted octanol–water partition coefficient (Wildman–Crippen LogP) is 0.760. The summed E-state index contributed by atoms with van der Waals surface area (Å²) >= 11 is 0. The number of aliphatic hydroxyl groups is 1. The predicted molar refractivity (Wildman–Crippen MR) is 76.4 cm³/mol. The molecule has 116 valence electrons. The van der Waals surface area contributed by atoms with Crippen molar-refractivity contribution in [2.75, 3.05) is 13.1 Å². The molecule has 0 amide bonds. The van der Waals surface area contributed by atoms with Crippen LogP contribution in [-0.4, -0.2) is 48.1 Å². The monoisotopic (exact) mass is 313 g/mol. The summed E-state index contributed by atoms with van der Waals surface area (Å²) in [6.07, 6.45) is -0.880. The molecule has 1 aliphatic heterocycles. The zero-order valence-electron chi connectivity index (χ0n) is 12.0. The Morgan fingerprint density at radius 3 is 2.33 bits per heavy atom. The molecule has 1 heterocycles. The van der Waals surface area contributed by atoms with Gasteiger partial charge in [-0.2, -0.15) is 4.31 Å². The number of aliphatic hydroxyl groups excluding tert-OH is 1. The van der Waals surface area contributed by atoms with Crippen LogP contribution in [0, 0.1) is 19.8 Å². The molecule has 0 radical (unpaired) electrons. The lowest BCUT2D eigenvalue weighted by Gasteiger charge is -2.33. The van der Waals surface area contributed by atoms with Gasteiger partial charge in [0.05, 0.1) is 16.9 Å². The molecular formula is C14H19NO5S. The van der Waals surface area contributed by atoms with E-state index in [4.69, 9.17) is 5.11 Å². The molecule has 6 nitrogen and oxygen atoms in total. The number of piperidine rings is 1. The highest BCUT2D eigenvalue weighted by Crippen LogP contribution is 2.25. The fourth-order valence-electron chi connectivity index (χ4n) is 2.60. The summed E-state index contributed by atoms with van der Waals surface area (Å²) < 4.78 is 26.4. The van der Waals surface area contributed by atoms with E-state index in [1.165, 1.54) is 0 Å². The Kier molecular flexibility index (Phi) is 4.36. The molecule has 7 heteroatoms. The Hall–Kier alpha value is -1.44. The van der Waals surface area contributed by atoms with Gasteiger partial charge in [0.25, 0.3) is 0 Å². The first kappa shape index (κ1) is 15.9. The lowest BCUT2D eigenvalue weighted by atomic mass is 9.96. The quantitative estimate of drug-likeness (QED) is 0.859. The van der Waals surface area contributed by atoms with Crippen molar-refractivity contribution < 1.29 is 23.4 Å². The van der Waals surface area contributed by atoms with Crippen LogP contribution in [0.2, 0.25) is 0 Å². The smallest absolute Gasteiger partial charge is 0.310 e. The Morgan fingerprint density at radius 2 is 1.81 bits per heavy atom. The average molecular weight is 313 g/mol. The van der Waals surface area contributed by atoms with Crippen LogP contribution in [0.15, 0.2) is 23.1 Å². The maximum atomic E-state index is 12.6. The number of carboxylic acids is 1. The van der Waals surface area contributed by atoms with Crippen LogP contribution < -0.4 is 0 Å². The van der Waals surface area contributed by atoms with E-state index >= 15 is 0 Å². The van der Waals surface area contributed by atoms with Crippen LogP contribution in [0.1, 0.15) is 17.5 Å². The van der Waals surface area contributed by atoms with Crippen molar-refractivity contribution in [2.45, 2.75) is 31.3 Å². The molecule has 1 saturated heterocycles. The minimum Gasteiger partial charge on any atom is -0.481 e. The summed E-state index contributed by atoms with van der Waals surface area (Å²) in [5.41, 5.74) is 1.67. The van der Waals surface area contributed by atoms with Crippen molar-refractivity contribution in [3.8, 4) is 0 Å². The van der Waals surface area contributed by atoms with Gasteiger partial charge in [-0.15, -0.1) is 0 Å². The highest BCUT2D eigenvalue weighted by atomic mass is 32.2. The second kappa shape index (κ2) is 5.75. The van der Waals surface area contributed by atoms with Crippen molar-refractivity contribution in [3.63, 3.8) is 0 Å². The third kappa shape index (κ3) is 3.25. The minimum atomic E-state index is -3.74. The third-order valence-corrected chi connectivity index (χ3v) is 5.53. The number of nitrogens with zero attached hydrogens (tertiary/aromatic N) is 1. The maximum Gasteiger partial charge on any atom is 0.310 e. The number of sulfonamides is 1. The van der Waals surface area contributed by atoms with E-state index in [-0.39, 0.29) is 24.4 Å². The van der Waals surface area contributed by atoms with Gasteiger partial charge < -0.3 is 10.2 Å². The molecule has 1 aromatic carbocycles. The number of aliphatic carboxylic acids is 1. The average Bonchev–Trinajstić information content (AvgIpc) is 2.37. The number of hydrogen-bond acceptors (Lipinski definition) is 4. The number of benzene rings is 1. The molecular weight excluding hydrogens is 294 g/mol. The van der Waals surface area contributed by atoms with Crippen LogP contribution >= 0.6 is 0 Å². The van der Waals surface area contributed by atoms with E-state index in [0.717, 1.165) is 15.4 Å². The molecule has 1 aliphatic rings. The second-order valence-corrected chi connectivity index (χ2v) is 7.43. The molecule has 2 N–H and O–H groups in total. The summed E-state index contributed by atoms with van der Waals surface area (Å²) in [5, 5.41) is 18.7. The Balaban J connectivity index is 2.33. The first-order chi connectivity index (χ1) is 9.71. The molecule has 0 aromatic heterocycles. The molecule has 21 heavy (non-hydrogen) atoms. The third-order valence-electron chi connectivity index (χ3n) is 3.69. The molecule has 0 bridgehead atoms. The highest BCUT2D eigenvalue weighted by molar-refractivity contribution is 7.89. The van der Waals surface area contributed by atoms with E-state index in [1.807, 2.05) is 19.9 Å². The maximum absolute atomic E-state index is 12.6. The summed E-state index contributed by atoms with van der Waals surface area (Å²) in [5.74, 6) is -2.26. The van der Waals surface area contributed by atoms with E-state index in [1.54, 1.807) is 12.1 Å². The number of carbonyl (C=O) groups is 1. The van der Waals surface area contributed by atoms with E-state index in [9.17, 15) is 18.3 Å². The van der Waals surface area contributed by atoms with Crippen molar-refractivity contribution in [3.05, 3.63) is 29.3 Å². The molecule has 1 aromatic rings. The van der Waals surface area contributed by atoms with Crippen LogP contribution in [0.5, 0.6) is 0 Å². The van der Waals surface area contributed by atoms with E-state index in [0.29, 0.717) is 0 Å². The lowest BCUT2D eigenvalue weighted by molar-refractivity contribution is -0.147. The van der Waals surface area contributed by atoms with Gasteiger partial charge in [-0.05, 0) is 43.5 Å². The minimum absolute atomic E-state index is 0.125. The van der Waals surface area contributed by atoms with Gasteiger partial charge >= 0.3 is 5.97 Å². The van der Waals surface area contributed by atoms with E-state index in [2.05, 4.69) is 0 Å². The fourth-order valence-corrected chi connectivity index (χ4v) is 4.27. The SMILES string of the molecule is Cc1cc(C)cc(S(=O)(=O)N2CC[C@@H](O)[C@@H](C(=O)O)C2)c1. The van der Waals surface area contributed by atoms with Crippen molar-refractivity contribution in [1.82, 2.24) is 4.31 Å². The lowest BCUT2D eigenvalue weighted by Crippen LogP contribution is -2.48. The second-order valence-electron chi connectivity index (χ2n) is 5.49.